The smallest absolute Gasteiger partial charge is 0.0438 e. The van der Waals surface area contributed by atoms with E-state index < -0.39 is 0 Å². The van der Waals surface area contributed by atoms with Gasteiger partial charge in [-0.25, -0.2) is 0 Å². The predicted octanol–water partition coefficient (Wildman–Crippen LogP) is 3.75. The second-order valence-electron chi connectivity index (χ2n) is 6.24. The Labute approximate surface area is 128 Å². The second-order valence-corrected chi connectivity index (χ2v) is 7.46. The van der Waals surface area contributed by atoms with Gasteiger partial charge in [0.15, 0.2) is 0 Å². The highest BCUT2D eigenvalue weighted by atomic mass is 32.2. The molecule has 1 atom stereocenters. The summed E-state index contributed by atoms with van der Waals surface area (Å²) in [5.74, 6) is 2.15. The predicted molar refractivity (Wildman–Crippen MR) is 90.6 cm³/mol. The Bertz CT molecular complexity index is 370. The summed E-state index contributed by atoms with van der Waals surface area (Å²) in [5, 5.41) is 12.3. The number of benzene rings is 1. The molecule has 0 aliphatic heterocycles. The van der Waals surface area contributed by atoms with Crippen molar-refractivity contribution >= 4 is 11.8 Å². The number of hydrogen-bond donors (Lipinski definition) is 2. The van der Waals surface area contributed by atoms with Crippen LogP contribution in [0.4, 0.5) is 0 Å². The SMILES string of the molecule is CC(NCCSCCCO)c1ccc(C(C)(C)C)cc1. The zero-order valence-electron chi connectivity index (χ0n) is 13.3. The zero-order valence-corrected chi connectivity index (χ0v) is 14.1. The molecule has 20 heavy (non-hydrogen) atoms. The second kappa shape index (κ2) is 8.71. The van der Waals surface area contributed by atoms with Crippen molar-refractivity contribution in [1.29, 1.82) is 0 Å². The van der Waals surface area contributed by atoms with Gasteiger partial charge in [-0.1, -0.05) is 45.0 Å². The van der Waals surface area contributed by atoms with Crippen LogP contribution in [0, 0.1) is 0 Å². The topological polar surface area (TPSA) is 32.3 Å². The van der Waals surface area contributed by atoms with Crippen LogP contribution in [0.3, 0.4) is 0 Å². The molecule has 0 heterocycles. The van der Waals surface area contributed by atoms with Crippen LogP contribution in [0.1, 0.15) is 51.3 Å². The summed E-state index contributed by atoms with van der Waals surface area (Å²) in [6.07, 6.45) is 0.897. The van der Waals surface area contributed by atoms with Gasteiger partial charge in [0.2, 0.25) is 0 Å². The van der Waals surface area contributed by atoms with Crippen molar-refractivity contribution in [3.63, 3.8) is 0 Å². The highest BCUT2D eigenvalue weighted by Crippen LogP contribution is 2.23. The number of aliphatic hydroxyl groups is 1. The number of hydrogen-bond acceptors (Lipinski definition) is 3. The Morgan fingerprint density at radius 1 is 1.15 bits per heavy atom. The normalized spacial score (nSPS) is 13.4. The van der Waals surface area contributed by atoms with E-state index in [0.29, 0.717) is 12.6 Å². The van der Waals surface area contributed by atoms with E-state index in [-0.39, 0.29) is 5.41 Å². The van der Waals surface area contributed by atoms with Crippen molar-refractivity contribution in [2.75, 3.05) is 24.7 Å². The summed E-state index contributed by atoms with van der Waals surface area (Å²) in [6, 6.07) is 9.34. The fourth-order valence-electron chi connectivity index (χ4n) is 2.01. The summed E-state index contributed by atoms with van der Waals surface area (Å²) in [5.41, 5.74) is 2.95. The highest BCUT2D eigenvalue weighted by molar-refractivity contribution is 7.99. The fourth-order valence-corrected chi connectivity index (χ4v) is 2.81. The number of rotatable bonds is 8. The molecule has 0 radical (unpaired) electrons. The van der Waals surface area contributed by atoms with Crippen LogP contribution < -0.4 is 5.32 Å². The molecule has 114 valence electrons. The Morgan fingerprint density at radius 3 is 2.35 bits per heavy atom. The molecule has 1 rings (SSSR count). The van der Waals surface area contributed by atoms with E-state index in [9.17, 15) is 0 Å². The number of aliphatic hydroxyl groups excluding tert-OH is 1. The zero-order chi connectivity index (χ0) is 15.0. The van der Waals surface area contributed by atoms with Gasteiger partial charge in [0, 0.05) is 24.9 Å². The maximum atomic E-state index is 8.71. The minimum atomic E-state index is 0.221. The van der Waals surface area contributed by atoms with E-state index in [1.54, 1.807) is 0 Å². The molecule has 0 saturated carbocycles. The molecule has 0 fully saturated rings. The average Bonchev–Trinajstić information content (AvgIpc) is 2.41. The lowest BCUT2D eigenvalue weighted by molar-refractivity contribution is 0.296. The van der Waals surface area contributed by atoms with Gasteiger partial charge in [-0.15, -0.1) is 0 Å². The Kier molecular flexibility index (Phi) is 7.63. The van der Waals surface area contributed by atoms with E-state index in [1.807, 2.05) is 11.8 Å². The number of thioether (sulfide) groups is 1. The van der Waals surface area contributed by atoms with Crippen LogP contribution in [0.2, 0.25) is 0 Å². The maximum absolute atomic E-state index is 8.71. The molecular weight excluding hydrogens is 266 g/mol. The first kappa shape index (κ1) is 17.5. The summed E-state index contributed by atoms with van der Waals surface area (Å²) in [6.45, 7) is 10.3. The molecule has 1 aromatic carbocycles. The lowest BCUT2D eigenvalue weighted by Crippen LogP contribution is -2.21. The first-order chi connectivity index (χ1) is 9.45. The molecule has 0 aromatic heterocycles. The molecule has 1 unspecified atom stereocenters. The van der Waals surface area contributed by atoms with E-state index in [4.69, 9.17) is 5.11 Å². The minimum Gasteiger partial charge on any atom is -0.396 e. The average molecular weight is 295 g/mol. The Morgan fingerprint density at radius 2 is 1.80 bits per heavy atom. The van der Waals surface area contributed by atoms with Crippen LogP contribution >= 0.6 is 11.8 Å². The molecule has 0 saturated heterocycles. The summed E-state index contributed by atoms with van der Waals surface area (Å²) < 4.78 is 0. The lowest BCUT2D eigenvalue weighted by Gasteiger charge is -2.20. The minimum absolute atomic E-state index is 0.221. The maximum Gasteiger partial charge on any atom is 0.0438 e. The Balaban J connectivity index is 2.34. The van der Waals surface area contributed by atoms with Crippen molar-refractivity contribution in [1.82, 2.24) is 5.32 Å². The third-order valence-corrected chi connectivity index (χ3v) is 4.49. The van der Waals surface area contributed by atoms with E-state index in [0.717, 1.165) is 24.5 Å². The van der Waals surface area contributed by atoms with Crippen LogP contribution in [-0.4, -0.2) is 29.8 Å². The van der Waals surface area contributed by atoms with Gasteiger partial charge in [0.1, 0.15) is 0 Å². The summed E-state index contributed by atoms with van der Waals surface area (Å²) in [7, 11) is 0. The quantitative estimate of drug-likeness (QED) is 0.716. The van der Waals surface area contributed by atoms with Crippen molar-refractivity contribution in [2.24, 2.45) is 0 Å². The molecule has 3 heteroatoms. The third kappa shape index (κ3) is 6.29. The highest BCUT2D eigenvalue weighted by Gasteiger charge is 2.13. The molecule has 2 nitrogen and oxygen atoms in total. The summed E-state index contributed by atoms with van der Waals surface area (Å²) in [4.78, 5) is 0. The number of nitrogens with one attached hydrogen (secondary N) is 1. The van der Waals surface area contributed by atoms with Gasteiger partial charge in [-0.05, 0) is 35.6 Å². The molecular formula is C17H29NOS. The molecule has 0 spiro atoms. The van der Waals surface area contributed by atoms with Gasteiger partial charge in [-0.2, -0.15) is 11.8 Å². The van der Waals surface area contributed by atoms with Crippen molar-refractivity contribution in [3.05, 3.63) is 35.4 Å². The first-order valence-electron chi connectivity index (χ1n) is 7.47. The molecule has 2 N–H and O–H groups in total. The van der Waals surface area contributed by atoms with E-state index in [1.165, 1.54) is 11.1 Å². The Hall–Kier alpha value is -0.510. The van der Waals surface area contributed by atoms with Crippen molar-refractivity contribution in [3.8, 4) is 0 Å². The lowest BCUT2D eigenvalue weighted by atomic mass is 9.86. The molecule has 1 aromatic rings. The van der Waals surface area contributed by atoms with Gasteiger partial charge in [-0.3, -0.25) is 0 Å². The molecule has 0 bridgehead atoms. The third-order valence-electron chi connectivity index (χ3n) is 3.42. The van der Waals surface area contributed by atoms with Gasteiger partial charge < -0.3 is 10.4 Å². The van der Waals surface area contributed by atoms with Crippen LogP contribution in [0.25, 0.3) is 0 Å². The van der Waals surface area contributed by atoms with Crippen molar-refractivity contribution < 1.29 is 5.11 Å². The van der Waals surface area contributed by atoms with Gasteiger partial charge in [0.05, 0.1) is 0 Å². The standard InChI is InChI=1S/C17H29NOS/c1-14(18-10-13-20-12-5-11-19)15-6-8-16(9-7-15)17(2,3)4/h6-9,14,18-19H,5,10-13H2,1-4H3. The van der Waals surface area contributed by atoms with Crippen LogP contribution in [-0.2, 0) is 5.41 Å². The van der Waals surface area contributed by atoms with Crippen molar-refractivity contribution in [2.45, 2.75) is 45.6 Å². The fraction of sp³-hybridized carbons (Fsp3) is 0.647. The van der Waals surface area contributed by atoms with Crippen LogP contribution in [0.15, 0.2) is 24.3 Å². The van der Waals surface area contributed by atoms with Gasteiger partial charge in [0.25, 0.3) is 0 Å². The van der Waals surface area contributed by atoms with E-state index in [2.05, 4.69) is 57.3 Å². The molecule has 0 amide bonds. The molecule has 0 aliphatic rings. The van der Waals surface area contributed by atoms with Gasteiger partial charge >= 0.3 is 0 Å². The molecule has 0 aliphatic carbocycles. The largest absolute Gasteiger partial charge is 0.396 e. The first-order valence-corrected chi connectivity index (χ1v) is 8.63. The monoisotopic (exact) mass is 295 g/mol. The van der Waals surface area contributed by atoms with E-state index >= 15 is 0 Å². The summed E-state index contributed by atoms with van der Waals surface area (Å²) >= 11 is 1.90. The van der Waals surface area contributed by atoms with Crippen LogP contribution in [0.5, 0.6) is 0 Å².